The van der Waals surface area contributed by atoms with Crippen LogP contribution in [0.1, 0.15) is 23.2 Å². The van der Waals surface area contributed by atoms with E-state index in [0.717, 1.165) is 25.9 Å². The van der Waals surface area contributed by atoms with E-state index < -0.39 is 0 Å². The molecule has 0 aliphatic carbocycles. The lowest BCUT2D eigenvalue weighted by Gasteiger charge is -2.31. The quantitative estimate of drug-likeness (QED) is 0.907. The first-order valence-corrected chi connectivity index (χ1v) is 6.78. The van der Waals surface area contributed by atoms with Gasteiger partial charge in [-0.2, -0.15) is 0 Å². The predicted molar refractivity (Wildman–Crippen MR) is 74.4 cm³/mol. The summed E-state index contributed by atoms with van der Waals surface area (Å²) in [5, 5.41) is 4.18. The fourth-order valence-electron chi connectivity index (χ4n) is 2.16. The van der Waals surface area contributed by atoms with Gasteiger partial charge in [-0.25, -0.2) is 0 Å². The van der Waals surface area contributed by atoms with Crippen molar-refractivity contribution in [2.75, 3.05) is 20.1 Å². The van der Waals surface area contributed by atoms with Crippen LogP contribution < -0.4 is 5.32 Å². The average Bonchev–Trinajstić information content (AvgIpc) is 2.41. The molecule has 1 aromatic carbocycles. The molecule has 1 N–H and O–H groups in total. The second kappa shape index (κ2) is 5.91. The van der Waals surface area contributed by atoms with Crippen LogP contribution in [-0.2, 0) is 0 Å². The molecular weight excluding hydrogens is 271 g/mol. The number of amides is 1. The molecule has 1 heterocycles. The minimum absolute atomic E-state index is 0.0118. The molecule has 18 heavy (non-hydrogen) atoms. The minimum Gasteiger partial charge on any atom is -0.337 e. The van der Waals surface area contributed by atoms with E-state index in [1.54, 1.807) is 23.1 Å². The van der Waals surface area contributed by atoms with Crippen LogP contribution in [0.5, 0.6) is 0 Å². The highest BCUT2D eigenvalue weighted by Gasteiger charge is 2.23. The molecule has 1 amide bonds. The molecule has 98 valence electrons. The van der Waals surface area contributed by atoms with Gasteiger partial charge < -0.3 is 10.2 Å². The van der Waals surface area contributed by atoms with Crippen LogP contribution >= 0.6 is 23.2 Å². The van der Waals surface area contributed by atoms with Crippen LogP contribution in [0, 0.1) is 0 Å². The highest BCUT2D eigenvalue weighted by molar-refractivity contribution is 6.42. The molecule has 1 fully saturated rings. The molecular formula is C13H16Cl2N2O. The third kappa shape index (κ3) is 2.97. The van der Waals surface area contributed by atoms with Gasteiger partial charge in [0.2, 0.25) is 0 Å². The van der Waals surface area contributed by atoms with E-state index >= 15 is 0 Å². The zero-order valence-corrected chi connectivity index (χ0v) is 11.8. The Morgan fingerprint density at radius 3 is 2.78 bits per heavy atom. The number of carbonyl (C=O) groups excluding carboxylic acids is 1. The third-order valence-electron chi connectivity index (χ3n) is 3.31. The van der Waals surface area contributed by atoms with Gasteiger partial charge in [0.15, 0.2) is 0 Å². The average molecular weight is 287 g/mol. The van der Waals surface area contributed by atoms with Crippen molar-refractivity contribution in [3.05, 3.63) is 33.8 Å². The monoisotopic (exact) mass is 286 g/mol. The van der Waals surface area contributed by atoms with E-state index in [0.29, 0.717) is 15.6 Å². The highest BCUT2D eigenvalue weighted by Crippen LogP contribution is 2.23. The van der Waals surface area contributed by atoms with Crippen LogP contribution in [0.2, 0.25) is 10.0 Å². The molecule has 0 bridgehead atoms. The summed E-state index contributed by atoms with van der Waals surface area (Å²) in [6.45, 7) is 1.88. The van der Waals surface area contributed by atoms with E-state index in [9.17, 15) is 4.79 Å². The molecule has 0 spiro atoms. The van der Waals surface area contributed by atoms with E-state index in [1.165, 1.54) is 0 Å². The van der Waals surface area contributed by atoms with Gasteiger partial charge >= 0.3 is 0 Å². The van der Waals surface area contributed by atoms with Gasteiger partial charge in [-0.1, -0.05) is 23.2 Å². The number of hydrogen-bond acceptors (Lipinski definition) is 2. The number of piperidine rings is 1. The maximum atomic E-state index is 12.3. The number of halogens is 2. The van der Waals surface area contributed by atoms with Gasteiger partial charge in [0.05, 0.1) is 10.0 Å². The smallest absolute Gasteiger partial charge is 0.253 e. The van der Waals surface area contributed by atoms with Crippen molar-refractivity contribution >= 4 is 29.1 Å². The van der Waals surface area contributed by atoms with Crippen molar-refractivity contribution < 1.29 is 4.79 Å². The molecule has 2 rings (SSSR count). The van der Waals surface area contributed by atoms with Gasteiger partial charge in [-0.3, -0.25) is 4.79 Å². The summed E-state index contributed by atoms with van der Waals surface area (Å²) in [7, 11) is 1.84. The molecule has 1 aliphatic heterocycles. The number of nitrogens with zero attached hydrogens (tertiary/aromatic N) is 1. The molecule has 0 unspecified atom stereocenters. The molecule has 3 nitrogen and oxygen atoms in total. The Morgan fingerprint density at radius 2 is 2.17 bits per heavy atom. The molecule has 1 aromatic rings. The molecule has 1 aliphatic rings. The van der Waals surface area contributed by atoms with Crippen molar-refractivity contribution in [1.29, 1.82) is 0 Å². The number of hydrogen-bond donors (Lipinski definition) is 1. The fourth-order valence-corrected chi connectivity index (χ4v) is 2.46. The van der Waals surface area contributed by atoms with Crippen molar-refractivity contribution in [3.8, 4) is 0 Å². The van der Waals surface area contributed by atoms with Crippen molar-refractivity contribution in [3.63, 3.8) is 0 Å². The van der Waals surface area contributed by atoms with Crippen LogP contribution in [0.25, 0.3) is 0 Å². The Bertz CT molecular complexity index is 445. The van der Waals surface area contributed by atoms with Crippen molar-refractivity contribution in [1.82, 2.24) is 10.2 Å². The molecule has 0 aromatic heterocycles. The Hall–Kier alpha value is -0.770. The van der Waals surface area contributed by atoms with Crippen LogP contribution in [-0.4, -0.2) is 37.0 Å². The second-order valence-electron chi connectivity index (χ2n) is 4.55. The number of carbonyl (C=O) groups is 1. The van der Waals surface area contributed by atoms with Crippen molar-refractivity contribution in [2.45, 2.75) is 18.9 Å². The van der Waals surface area contributed by atoms with E-state index in [-0.39, 0.29) is 11.9 Å². The summed E-state index contributed by atoms with van der Waals surface area (Å²) in [6, 6.07) is 5.24. The zero-order valence-electron chi connectivity index (χ0n) is 10.2. The normalized spacial score (nSPS) is 19.6. The summed E-state index contributed by atoms with van der Waals surface area (Å²) < 4.78 is 0. The Morgan fingerprint density at radius 1 is 1.39 bits per heavy atom. The number of rotatable bonds is 2. The first-order chi connectivity index (χ1) is 8.59. The largest absolute Gasteiger partial charge is 0.337 e. The highest BCUT2D eigenvalue weighted by atomic mass is 35.5. The van der Waals surface area contributed by atoms with E-state index in [4.69, 9.17) is 23.2 Å². The topological polar surface area (TPSA) is 32.3 Å². The summed E-state index contributed by atoms with van der Waals surface area (Å²) in [5.41, 5.74) is 0.581. The first-order valence-electron chi connectivity index (χ1n) is 6.02. The molecule has 5 heteroatoms. The third-order valence-corrected chi connectivity index (χ3v) is 4.04. The summed E-state index contributed by atoms with van der Waals surface area (Å²) in [6.07, 6.45) is 2.14. The van der Waals surface area contributed by atoms with Crippen LogP contribution in [0.4, 0.5) is 0 Å². The maximum Gasteiger partial charge on any atom is 0.253 e. The Kier molecular flexibility index (Phi) is 4.49. The van der Waals surface area contributed by atoms with Gasteiger partial charge in [0.1, 0.15) is 0 Å². The van der Waals surface area contributed by atoms with Crippen molar-refractivity contribution in [2.24, 2.45) is 0 Å². The number of nitrogens with one attached hydrogen (secondary N) is 1. The Balaban J connectivity index is 2.11. The fraction of sp³-hybridized carbons (Fsp3) is 0.462. The van der Waals surface area contributed by atoms with Gasteiger partial charge in [-0.05, 0) is 37.6 Å². The van der Waals surface area contributed by atoms with Gasteiger partial charge in [0.25, 0.3) is 5.91 Å². The maximum absolute atomic E-state index is 12.3. The molecule has 0 radical (unpaired) electrons. The lowest BCUT2D eigenvalue weighted by Crippen LogP contribution is -2.46. The minimum atomic E-state index is -0.0118. The standard InChI is InChI=1S/C13H16Cl2N2O/c1-17(10-3-2-6-16-8-10)13(18)9-4-5-11(14)12(15)7-9/h4-5,7,10,16H,2-3,6,8H2,1H3/t10-/m0/s1. The summed E-state index contributed by atoms with van der Waals surface area (Å²) in [5.74, 6) is -0.0118. The second-order valence-corrected chi connectivity index (χ2v) is 5.36. The Labute approximate surface area is 117 Å². The van der Waals surface area contributed by atoms with Crippen LogP contribution in [0.15, 0.2) is 18.2 Å². The molecule has 1 atom stereocenters. The number of benzene rings is 1. The lowest BCUT2D eigenvalue weighted by molar-refractivity contribution is 0.0708. The van der Waals surface area contributed by atoms with Gasteiger partial charge in [-0.15, -0.1) is 0 Å². The van der Waals surface area contributed by atoms with Gasteiger partial charge in [0, 0.05) is 25.2 Å². The predicted octanol–water partition coefficient (Wildman–Crippen LogP) is 2.82. The SMILES string of the molecule is CN(C(=O)c1ccc(Cl)c(Cl)c1)[C@H]1CCCNC1. The first kappa shape index (κ1) is 13.7. The van der Waals surface area contributed by atoms with E-state index in [2.05, 4.69) is 5.32 Å². The number of likely N-dealkylation sites (N-methyl/N-ethyl adjacent to an activating group) is 1. The molecule has 0 saturated carbocycles. The summed E-state index contributed by atoms with van der Waals surface area (Å²) in [4.78, 5) is 14.1. The lowest BCUT2D eigenvalue weighted by atomic mass is 10.1. The summed E-state index contributed by atoms with van der Waals surface area (Å²) >= 11 is 11.8. The molecule has 1 saturated heterocycles. The zero-order chi connectivity index (χ0) is 13.1. The van der Waals surface area contributed by atoms with Crippen LogP contribution in [0.3, 0.4) is 0 Å². The van der Waals surface area contributed by atoms with E-state index in [1.807, 2.05) is 7.05 Å².